The van der Waals surface area contributed by atoms with E-state index in [4.69, 9.17) is 5.73 Å². The highest BCUT2D eigenvalue weighted by atomic mass is 16.2. The highest BCUT2D eigenvalue weighted by Gasteiger charge is 2.17. The Labute approximate surface area is 106 Å². The van der Waals surface area contributed by atoms with E-state index < -0.39 is 0 Å². The smallest absolute Gasteiger partial charge is 0.276 e. The second kappa shape index (κ2) is 5.35. The van der Waals surface area contributed by atoms with Gasteiger partial charge in [-0.25, -0.2) is 0 Å². The number of nitrogens with two attached hydrogens (primary N) is 1. The number of benzene rings is 1. The molecule has 18 heavy (non-hydrogen) atoms. The summed E-state index contributed by atoms with van der Waals surface area (Å²) in [6.45, 7) is 2.67. The van der Waals surface area contributed by atoms with Crippen LogP contribution in [0.2, 0.25) is 0 Å². The second-order valence-corrected chi connectivity index (χ2v) is 4.02. The van der Waals surface area contributed by atoms with Crippen LogP contribution in [0.5, 0.6) is 0 Å². The summed E-state index contributed by atoms with van der Waals surface area (Å²) in [7, 11) is 0. The van der Waals surface area contributed by atoms with Gasteiger partial charge in [-0.1, -0.05) is 13.0 Å². The van der Waals surface area contributed by atoms with Crippen LogP contribution in [0.4, 0.5) is 11.4 Å². The highest BCUT2D eigenvalue weighted by molar-refractivity contribution is 6.04. The van der Waals surface area contributed by atoms with Crippen molar-refractivity contribution in [2.75, 3.05) is 17.2 Å². The predicted octanol–water partition coefficient (Wildman–Crippen LogP) is 2.05. The first kappa shape index (κ1) is 12.2. The normalized spacial score (nSPS) is 10.3. The Balaban J connectivity index is 2.31. The Hall–Kier alpha value is -2.30. The van der Waals surface area contributed by atoms with Gasteiger partial charge in [0.05, 0.1) is 0 Å². The Morgan fingerprint density at radius 3 is 2.89 bits per heavy atom. The molecule has 1 amide bonds. The van der Waals surface area contributed by atoms with E-state index in [2.05, 4.69) is 10.2 Å². The summed E-state index contributed by atoms with van der Waals surface area (Å²) in [6.07, 6.45) is 2.44. The third-order valence-electron chi connectivity index (χ3n) is 2.61. The average molecular weight is 244 g/mol. The van der Waals surface area contributed by atoms with Crippen LogP contribution in [0, 0.1) is 0 Å². The number of aromatic amines is 1. The predicted molar refractivity (Wildman–Crippen MR) is 71.4 cm³/mol. The van der Waals surface area contributed by atoms with Crippen molar-refractivity contribution in [2.24, 2.45) is 0 Å². The third-order valence-corrected chi connectivity index (χ3v) is 2.61. The van der Waals surface area contributed by atoms with E-state index in [9.17, 15) is 4.79 Å². The van der Waals surface area contributed by atoms with Gasteiger partial charge >= 0.3 is 0 Å². The number of hydrogen-bond acceptors (Lipinski definition) is 3. The van der Waals surface area contributed by atoms with Crippen LogP contribution < -0.4 is 10.6 Å². The number of H-pyrrole nitrogens is 1. The van der Waals surface area contributed by atoms with Crippen molar-refractivity contribution in [3.8, 4) is 0 Å². The maximum Gasteiger partial charge on any atom is 0.276 e. The molecule has 2 aromatic rings. The van der Waals surface area contributed by atoms with Gasteiger partial charge in [0.1, 0.15) is 5.69 Å². The molecule has 0 atom stereocenters. The molecular formula is C13H16N4O. The molecule has 1 heterocycles. The lowest BCUT2D eigenvalue weighted by molar-refractivity contribution is 0.0982. The van der Waals surface area contributed by atoms with E-state index in [0.717, 1.165) is 12.1 Å². The van der Waals surface area contributed by atoms with Gasteiger partial charge in [0.2, 0.25) is 0 Å². The maximum atomic E-state index is 12.3. The third kappa shape index (κ3) is 2.51. The van der Waals surface area contributed by atoms with Gasteiger partial charge < -0.3 is 10.6 Å². The molecule has 0 aliphatic carbocycles. The Morgan fingerprint density at radius 1 is 1.44 bits per heavy atom. The largest absolute Gasteiger partial charge is 0.399 e. The number of anilines is 2. The molecule has 1 aromatic heterocycles. The van der Waals surface area contributed by atoms with E-state index in [1.54, 1.807) is 29.3 Å². The summed E-state index contributed by atoms with van der Waals surface area (Å²) < 4.78 is 0. The van der Waals surface area contributed by atoms with Gasteiger partial charge in [-0.2, -0.15) is 5.10 Å². The summed E-state index contributed by atoms with van der Waals surface area (Å²) in [4.78, 5) is 14.0. The van der Waals surface area contributed by atoms with Gasteiger partial charge in [0.15, 0.2) is 0 Å². The fourth-order valence-electron chi connectivity index (χ4n) is 1.78. The number of nitrogens with one attached hydrogen (secondary N) is 1. The fraction of sp³-hybridized carbons (Fsp3) is 0.231. The highest BCUT2D eigenvalue weighted by Crippen LogP contribution is 2.19. The molecule has 3 N–H and O–H groups in total. The van der Waals surface area contributed by atoms with Crippen LogP contribution in [-0.2, 0) is 0 Å². The number of aromatic nitrogens is 2. The van der Waals surface area contributed by atoms with Crippen molar-refractivity contribution < 1.29 is 4.79 Å². The van der Waals surface area contributed by atoms with Gasteiger partial charge in [0, 0.05) is 24.1 Å². The first-order valence-electron chi connectivity index (χ1n) is 5.89. The van der Waals surface area contributed by atoms with Crippen molar-refractivity contribution >= 4 is 17.3 Å². The van der Waals surface area contributed by atoms with Crippen LogP contribution in [0.25, 0.3) is 0 Å². The lowest BCUT2D eigenvalue weighted by Crippen LogP contribution is -2.32. The summed E-state index contributed by atoms with van der Waals surface area (Å²) in [5.74, 6) is -0.0973. The quantitative estimate of drug-likeness (QED) is 0.808. The van der Waals surface area contributed by atoms with E-state index in [1.165, 1.54) is 0 Å². The zero-order chi connectivity index (χ0) is 13.0. The standard InChI is InChI=1S/C13H16N4O/c1-2-8-17(11-5-3-4-10(14)9-11)13(18)12-6-7-15-16-12/h3-7,9H,2,8,14H2,1H3,(H,15,16). The average Bonchev–Trinajstić information content (AvgIpc) is 2.89. The SMILES string of the molecule is CCCN(C(=O)c1ccn[nH]1)c1cccc(N)c1. The van der Waals surface area contributed by atoms with Gasteiger partial charge in [-0.3, -0.25) is 9.89 Å². The van der Waals surface area contributed by atoms with Crippen molar-refractivity contribution in [2.45, 2.75) is 13.3 Å². The first-order valence-corrected chi connectivity index (χ1v) is 5.89. The van der Waals surface area contributed by atoms with Crippen LogP contribution >= 0.6 is 0 Å². The lowest BCUT2D eigenvalue weighted by Gasteiger charge is -2.21. The van der Waals surface area contributed by atoms with Gasteiger partial charge in [-0.15, -0.1) is 0 Å². The number of rotatable bonds is 4. The van der Waals surface area contributed by atoms with E-state index >= 15 is 0 Å². The monoisotopic (exact) mass is 244 g/mol. The van der Waals surface area contributed by atoms with Crippen molar-refractivity contribution in [3.63, 3.8) is 0 Å². The lowest BCUT2D eigenvalue weighted by atomic mass is 10.2. The summed E-state index contributed by atoms with van der Waals surface area (Å²) in [5, 5.41) is 6.49. The Morgan fingerprint density at radius 2 is 2.28 bits per heavy atom. The molecule has 0 aliphatic rings. The molecule has 0 unspecified atom stereocenters. The van der Waals surface area contributed by atoms with E-state index in [1.807, 2.05) is 19.1 Å². The summed E-state index contributed by atoms with van der Waals surface area (Å²) >= 11 is 0. The molecule has 5 nitrogen and oxygen atoms in total. The number of carbonyl (C=O) groups excluding carboxylic acids is 1. The minimum absolute atomic E-state index is 0.0973. The fourth-order valence-corrected chi connectivity index (χ4v) is 1.78. The van der Waals surface area contributed by atoms with Crippen LogP contribution in [-0.4, -0.2) is 22.6 Å². The van der Waals surface area contributed by atoms with Gasteiger partial charge in [0.25, 0.3) is 5.91 Å². The first-order chi connectivity index (χ1) is 8.72. The van der Waals surface area contributed by atoms with E-state index in [0.29, 0.717) is 17.9 Å². The second-order valence-electron chi connectivity index (χ2n) is 4.02. The Kier molecular flexibility index (Phi) is 3.62. The van der Waals surface area contributed by atoms with Crippen LogP contribution in [0.1, 0.15) is 23.8 Å². The van der Waals surface area contributed by atoms with Crippen LogP contribution in [0.15, 0.2) is 36.5 Å². The number of amides is 1. The molecule has 94 valence electrons. The number of nitrogen functional groups attached to an aromatic ring is 1. The molecule has 1 aromatic carbocycles. The maximum absolute atomic E-state index is 12.3. The molecule has 0 bridgehead atoms. The Bertz CT molecular complexity index is 522. The number of hydrogen-bond donors (Lipinski definition) is 2. The minimum Gasteiger partial charge on any atom is -0.399 e. The zero-order valence-corrected chi connectivity index (χ0v) is 10.3. The zero-order valence-electron chi connectivity index (χ0n) is 10.3. The molecule has 5 heteroatoms. The van der Waals surface area contributed by atoms with E-state index in [-0.39, 0.29) is 5.91 Å². The van der Waals surface area contributed by atoms with Crippen LogP contribution in [0.3, 0.4) is 0 Å². The van der Waals surface area contributed by atoms with Crippen molar-refractivity contribution in [3.05, 3.63) is 42.2 Å². The summed E-state index contributed by atoms with van der Waals surface area (Å²) in [5.41, 5.74) is 7.68. The minimum atomic E-state index is -0.0973. The summed E-state index contributed by atoms with van der Waals surface area (Å²) in [6, 6.07) is 8.98. The topological polar surface area (TPSA) is 75.0 Å². The van der Waals surface area contributed by atoms with Crippen molar-refractivity contribution in [1.29, 1.82) is 0 Å². The molecule has 0 fully saturated rings. The molecule has 0 saturated carbocycles. The molecule has 2 rings (SSSR count). The molecule has 0 saturated heterocycles. The molecular weight excluding hydrogens is 228 g/mol. The number of nitrogens with zero attached hydrogens (tertiary/aromatic N) is 2. The molecule has 0 spiro atoms. The number of carbonyl (C=O) groups is 1. The van der Waals surface area contributed by atoms with Crippen molar-refractivity contribution in [1.82, 2.24) is 10.2 Å². The van der Waals surface area contributed by atoms with Gasteiger partial charge in [-0.05, 0) is 30.7 Å². The molecule has 0 aliphatic heterocycles. The molecule has 0 radical (unpaired) electrons.